The summed E-state index contributed by atoms with van der Waals surface area (Å²) in [5.74, 6) is 0.939. The SMILES string of the molecule is C[C@@H]1CC[C@H]2[C@H](C)O[C@@H]3O[C@]4(C)CC[C@@H]1[C@]32OO4. The maximum absolute atomic E-state index is 6.10. The fraction of sp³-hybridized carbons (Fsp3) is 1.00. The molecule has 0 amide bonds. The topological polar surface area (TPSA) is 36.9 Å². The first-order valence-corrected chi connectivity index (χ1v) is 7.25. The summed E-state index contributed by atoms with van der Waals surface area (Å²) in [7, 11) is 0. The monoisotopic (exact) mass is 254 g/mol. The van der Waals surface area contributed by atoms with Crippen LogP contribution in [0, 0.1) is 17.8 Å². The molecule has 4 aliphatic heterocycles. The predicted octanol–water partition coefficient (Wildman–Crippen LogP) is 2.62. The molecule has 0 aromatic heterocycles. The molecule has 5 aliphatic rings. The molecule has 4 saturated heterocycles. The van der Waals surface area contributed by atoms with Crippen molar-refractivity contribution in [2.24, 2.45) is 17.8 Å². The van der Waals surface area contributed by atoms with Crippen LogP contribution in [-0.2, 0) is 19.2 Å². The first-order valence-electron chi connectivity index (χ1n) is 7.25. The van der Waals surface area contributed by atoms with Crippen LogP contribution >= 0.6 is 0 Å². The van der Waals surface area contributed by atoms with Crippen LogP contribution in [0.2, 0.25) is 0 Å². The summed E-state index contributed by atoms with van der Waals surface area (Å²) in [6.45, 7) is 6.44. The van der Waals surface area contributed by atoms with Gasteiger partial charge in [-0.1, -0.05) is 6.92 Å². The Balaban J connectivity index is 1.82. The Labute approximate surface area is 108 Å². The van der Waals surface area contributed by atoms with Gasteiger partial charge in [0.1, 0.15) is 0 Å². The van der Waals surface area contributed by atoms with E-state index in [1.54, 1.807) is 0 Å². The van der Waals surface area contributed by atoms with Crippen molar-refractivity contribution < 1.29 is 19.2 Å². The van der Waals surface area contributed by atoms with Crippen LogP contribution in [0.5, 0.6) is 0 Å². The minimum absolute atomic E-state index is 0.203. The molecule has 0 N–H and O–H groups in total. The predicted molar refractivity (Wildman–Crippen MR) is 63.3 cm³/mol. The molecule has 1 aliphatic carbocycles. The quantitative estimate of drug-likeness (QED) is 0.623. The molecule has 2 bridgehead atoms. The summed E-state index contributed by atoms with van der Waals surface area (Å²) in [5.41, 5.74) is -0.354. The maximum atomic E-state index is 6.10. The van der Waals surface area contributed by atoms with Gasteiger partial charge in [0.05, 0.1) is 6.10 Å². The molecule has 1 saturated carbocycles. The molecule has 5 fully saturated rings. The van der Waals surface area contributed by atoms with Crippen molar-refractivity contribution in [3.05, 3.63) is 0 Å². The van der Waals surface area contributed by atoms with E-state index < -0.39 is 5.79 Å². The van der Waals surface area contributed by atoms with Crippen LogP contribution in [0.3, 0.4) is 0 Å². The Morgan fingerprint density at radius 3 is 2.67 bits per heavy atom. The van der Waals surface area contributed by atoms with Gasteiger partial charge in [0, 0.05) is 12.3 Å². The lowest BCUT2D eigenvalue weighted by molar-refractivity contribution is -0.541. The van der Waals surface area contributed by atoms with Crippen LogP contribution in [0.25, 0.3) is 0 Å². The third-order valence-corrected chi connectivity index (χ3v) is 5.68. The summed E-state index contributed by atoms with van der Waals surface area (Å²) < 4.78 is 12.2. The third kappa shape index (κ3) is 1.25. The average Bonchev–Trinajstić information content (AvgIpc) is 2.45. The van der Waals surface area contributed by atoms with Gasteiger partial charge < -0.3 is 9.47 Å². The number of fused-ring (bicyclic) bond motifs is 2. The molecule has 4 heteroatoms. The van der Waals surface area contributed by atoms with Crippen LogP contribution < -0.4 is 0 Å². The molecule has 0 aromatic carbocycles. The third-order valence-electron chi connectivity index (χ3n) is 5.68. The molecule has 102 valence electrons. The summed E-state index contributed by atoms with van der Waals surface area (Å²) in [6.07, 6.45) is 4.38. The lowest BCUT2D eigenvalue weighted by atomic mass is 9.62. The van der Waals surface area contributed by atoms with E-state index in [4.69, 9.17) is 19.2 Å². The minimum Gasteiger partial charge on any atom is -0.346 e. The first kappa shape index (κ1) is 11.6. The van der Waals surface area contributed by atoms with Gasteiger partial charge in [0.25, 0.3) is 0 Å². The molecule has 4 nitrogen and oxygen atoms in total. The van der Waals surface area contributed by atoms with Gasteiger partial charge in [-0.25, -0.2) is 9.78 Å². The highest BCUT2D eigenvalue weighted by atomic mass is 17.3. The van der Waals surface area contributed by atoms with E-state index in [1.807, 2.05) is 6.92 Å². The second-order valence-electron chi connectivity index (χ2n) is 6.75. The Hall–Kier alpha value is -0.160. The second-order valence-corrected chi connectivity index (χ2v) is 6.75. The van der Waals surface area contributed by atoms with Gasteiger partial charge in [0.15, 0.2) is 11.9 Å². The van der Waals surface area contributed by atoms with Gasteiger partial charge in [-0.15, -0.1) is 0 Å². The van der Waals surface area contributed by atoms with E-state index in [-0.39, 0.29) is 18.0 Å². The number of rotatable bonds is 0. The summed E-state index contributed by atoms with van der Waals surface area (Å²) in [5, 5.41) is 0. The van der Waals surface area contributed by atoms with Crippen molar-refractivity contribution in [1.29, 1.82) is 0 Å². The molecule has 0 unspecified atom stereocenters. The zero-order valence-corrected chi connectivity index (χ0v) is 11.3. The lowest BCUT2D eigenvalue weighted by Gasteiger charge is -2.50. The van der Waals surface area contributed by atoms with Gasteiger partial charge >= 0.3 is 0 Å². The molecule has 7 atom stereocenters. The number of hydrogen-bond acceptors (Lipinski definition) is 4. The summed E-state index contributed by atoms with van der Waals surface area (Å²) >= 11 is 0. The Kier molecular flexibility index (Phi) is 2.25. The highest BCUT2D eigenvalue weighted by Gasteiger charge is 2.70. The fourth-order valence-electron chi connectivity index (χ4n) is 4.65. The van der Waals surface area contributed by atoms with E-state index in [0.717, 1.165) is 19.3 Å². The van der Waals surface area contributed by atoms with Crippen molar-refractivity contribution in [1.82, 2.24) is 0 Å². The summed E-state index contributed by atoms with van der Waals surface area (Å²) in [4.78, 5) is 11.6. The maximum Gasteiger partial charge on any atom is 0.201 e. The minimum atomic E-state index is -0.623. The molecular weight excluding hydrogens is 232 g/mol. The van der Waals surface area contributed by atoms with Crippen LogP contribution in [0.15, 0.2) is 0 Å². The second kappa shape index (κ2) is 3.48. The first-order chi connectivity index (χ1) is 8.55. The number of ether oxygens (including phenoxy) is 2. The molecule has 1 spiro atoms. The van der Waals surface area contributed by atoms with Gasteiger partial charge in [0.2, 0.25) is 5.79 Å². The molecule has 4 heterocycles. The van der Waals surface area contributed by atoms with Crippen molar-refractivity contribution in [2.45, 2.75) is 70.2 Å². The van der Waals surface area contributed by atoms with E-state index in [9.17, 15) is 0 Å². The molecule has 18 heavy (non-hydrogen) atoms. The van der Waals surface area contributed by atoms with Crippen molar-refractivity contribution >= 4 is 0 Å². The van der Waals surface area contributed by atoms with Crippen molar-refractivity contribution in [3.8, 4) is 0 Å². The molecule has 0 radical (unpaired) electrons. The summed E-state index contributed by atoms with van der Waals surface area (Å²) in [6, 6.07) is 0. The van der Waals surface area contributed by atoms with E-state index in [1.165, 1.54) is 6.42 Å². The van der Waals surface area contributed by atoms with Gasteiger partial charge in [-0.05, 0) is 44.9 Å². The highest BCUT2D eigenvalue weighted by Crippen LogP contribution is 2.60. The Morgan fingerprint density at radius 2 is 1.83 bits per heavy atom. The van der Waals surface area contributed by atoms with Gasteiger partial charge in [-0.2, -0.15) is 0 Å². The van der Waals surface area contributed by atoms with Crippen molar-refractivity contribution in [2.75, 3.05) is 0 Å². The zero-order valence-electron chi connectivity index (χ0n) is 11.3. The normalized spacial score (nSPS) is 62.5. The Morgan fingerprint density at radius 1 is 1.00 bits per heavy atom. The number of hydrogen-bond donors (Lipinski definition) is 0. The standard InChI is InChI=1S/C14H22O4/c1-8-4-5-11-9(2)15-12-14(11)10(8)6-7-13(3,16-12)17-18-14/h8-12H,4-7H2,1-3H3/t8-,9+,10+,11+,12-,13+,14-/m1/s1. The molecule has 0 aromatic rings. The largest absolute Gasteiger partial charge is 0.346 e. The molecular formula is C14H22O4. The van der Waals surface area contributed by atoms with Crippen LogP contribution in [-0.4, -0.2) is 23.8 Å². The smallest absolute Gasteiger partial charge is 0.201 e. The van der Waals surface area contributed by atoms with E-state index >= 15 is 0 Å². The van der Waals surface area contributed by atoms with E-state index in [2.05, 4.69) is 13.8 Å². The Bertz CT molecular complexity index is 373. The van der Waals surface area contributed by atoms with Crippen LogP contribution in [0.4, 0.5) is 0 Å². The molecule has 5 rings (SSSR count). The highest BCUT2D eigenvalue weighted by molar-refractivity contribution is 5.10. The lowest BCUT2D eigenvalue weighted by Crippen LogP contribution is -2.61. The van der Waals surface area contributed by atoms with Crippen molar-refractivity contribution in [3.63, 3.8) is 0 Å². The van der Waals surface area contributed by atoms with Gasteiger partial charge in [-0.3, -0.25) is 0 Å². The van der Waals surface area contributed by atoms with Crippen LogP contribution in [0.1, 0.15) is 46.5 Å². The van der Waals surface area contributed by atoms with E-state index in [0.29, 0.717) is 17.8 Å². The average molecular weight is 254 g/mol. The fourth-order valence-corrected chi connectivity index (χ4v) is 4.65. The zero-order chi connectivity index (χ0) is 12.5.